The molecule has 0 aliphatic carbocycles. The Hall–Kier alpha value is -1.91. The zero-order valence-corrected chi connectivity index (χ0v) is 17.2. The number of halogens is 1. The van der Waals surface area contributed by atoms with Gasteiger partial charge in [0.2, 0.25) is 5.91 Å². The van der Waals surface area contributed by atoms with Gasteiger partial charge in [-0.15, -0.1) is 34.2 Å². The van der Waals surface area contributed by atoms with Crippen molar-refractivity contribution in [3.63, 3.8) is 0 Å². The number of hydrogen-bond acceptors (Lipinski definition) is 4. The summed E-state index contributed by atoms with van der Waals surface area (Å²) >= 11 is 0. The second-order valence-electron chi connectivity index (χ2n) is 5.64. The molecular weight excluding hydrogens is 433 g/mol. The molecule has 0 atom stereocenters. The Morgan fingerprint density at radius 1 is 1.28 bits per heavy atom. The molecule has 0 radical (unpaired) electrons. The van der Waals surface area contributed by atoms with Crippen LogP contribution in [0.25, 0.3) is 5.65 Å². The molecule has 138 valence electrons. The maximum atomic E-state index is 11.7. The van der Waals surface area contributed by atoms with Gasteiger partial charge in [-0.05, 0) is 32.9 Å². The normalized spacial score (nSPS) is 11.3. The van der Waals surface area contributed by atoms with E-state index in [-0.39, 0.29) is 35.9 Å². The van der Waals surface area contributed by atoms with Crippen LogP contribution in [0.5, 0.6) is 0 Å². The molecule has 2 aromatic heterocycles. The van der Waals surface area contributed by atoms with Crippen molar-refractivity contribution in [1.29, 1.82) is 0 Å². The molecule has 0 saturated heterocycles. The third kappa shape index (κ3) is 6.85. The number of nitrogens with one attached hydrogen (secondary N) is 3. The molecule has 0 spiro atoms. The highest BCUT2D eigenvalue weighted by atomic mass is 127. The van der Waals surface area contributed by atoms with Gasteiger partial charge in [-0.25, -0.2) is 4.99 Å². The molecule has 0 bridgehead atoms. The lowest BCUT2D eigenvalue weighted by atomic mass is 10.3. The Morgan fingerprint density at radius 2 is 2.08 bits per heavy atom. The Bertz CT molecular complexity index is 699. The standard InChI is InChI=1S/C16H25N7O.HI/c1-4-17-16(18-9-8-15(24)20-12(2)3)19-11-14-22-21-13-7-5-6-10-23(13)14;/h5-7,10,12H,4,8-9,11H2,1-3H3,(H,20,24)(H2,17,18,19);1H. The number of carbonyl (C=O) groups excluding carboxylic acids is 1. The summed E-state index contributed by atoms with van der Waals surface area (Å²) in [6, 6.07) is 5.91. The van der Waals surface area contributed by atoms with Gasteiger partial charge in [0.05, 0.1) is 0 Å². The van der Waals surface area contributed by atoms with E-state index in [1.807, 2.05) is 49.6 Å². The molecule has 0 aromatic carbocycles. The van der Waals surface area contributed by atoms with Crippen LogP contribution >= 0.6 is 24.0 Å². The van der Waals surface area contributed by atoms with Crippen molar-refractivity contribution in [3.05, 3.63) is 30.2 Å². The van der Waals surface area contributed by atoms with Crippen LogP contribution in [0.15, 0.2) is 29.4 Å². The number of aromatic nitrogens is 3. The SMILES string of the molecule is CCNC(=NCc1nnc2ccccn12)NCCC(=O)NC(C)C.I. The summed E-state index contributed by atoms with van der Waals surface area (Å²) in [5, 5.41) is 17.4. The van der Waals surface area contributed by atoms with Crippen LogP contribution in [0.4, 0.5) is 0 Å². The largest absolute Gasteiger partial charge is 0.357 e. The van der Waals surface area contributed by atoms with Crippen LogP contribution in [0.1, 0.15) is 33.0 Å². The second-order valence-corrected chi connectivity index (χ2v) is 5.64. The van der Waals surface area contributed by atoms with Gasteiger partial charge in [0, 0.05) is 31.7 Å². The Kier molecular flexibility index (Phi) is 9.17. The average Bonchev–Trinajstić information content (AvgIpc) is 2.95. The lowest BCUT2D eigenvalue weighted by Crippen LogP contribution is -2.40. The second kappa shape index (κ2) is 10.9. The number of amides is 1. The first kappa shape index (κ1) is 21.1. The highest BCUT2D eigenvalue weighted by Gasteiger charge is 2.06. The van der Waals surface area contributed by atoms with E-state index in [4.69, 9.17) is 0 Å². The molecule has 9 heteroatoms. The van der Waals surface area contributed by atoms with E-state index in [1.54, 1.807) is 0 Å². The fourth-order valence-corrected chi connectivity index (χ4v) is 2.18. The van der Waals surface area contributed by atoms with Gasteiger partial charge in [-0.1, -0.05) is 6.07 Å². The summed E-state index contributed by atoms with van der Waals surface area (Å²) in [7, 11) is 0. The van der Waals surface area contributed by atoms with Crippen LogP contribution < -0.4 is 16.0 Å². The van der Waals surface area contributed by atoms with Gasteiger partial charge in [-0.2, -0.15) is 0 Å². The minimum absolute atomic E-state index is 0. The molecule has 2 aromatic rings. The number of aliphatic imine (C=N–C) groups is 1. The number of carbonyl (C=O) groups is 1. The summed E-state index contributed by atoms with van der Waals surface area (Å²) < 4.78 is 1.91. The van der Waals surface area contributed by atoms with Gasteiger partial charge < -0.3 is 16.0 Å². The Labute approximate surface area is 164 Å². The molecule has 3 N–H and O–H groups in total. The molecule has 0 saturated carbocycles. The van der Waals surface area contributed by atoms with Crippen molar-refractivity contribution in [2.24, 2.45) is 4.99 Å². The van der Waals surface area contributed by atoms with Crippen molar-refractivity contribution < 1.29 is 4.79 Å². The van der Waals surface area contributed by atoms with Gasteiger partial charge in [0.25, 0.3) is 0 Å². The molecule has 8 nitrogen and oxygen atoms in total. The van der Waals surface area contributed by atoms with Crippen molar-refractivity contribution in [3.8, 4) is 0 Å². The fraction of sp³-hybridized carbons (Fsp3) is 0.500. The van der Waals surface area contributed by atoms with E-state index < -0.39 is 0 Å². The Balaban J connectivity index is 0.00000312. The molecule has 0 aliphatic rings. The van der Waals surface area contributed by atoms with Gasteiger partial charge in [0.1, 0.15) is 6.54 Å². The molecule has 25 heavy (non-hydrogen) atoms. The van der Waals surface area contributed by atoms with E-state index in [0.717, 1.165) is 18.0 Å². The zero-order valence-electron chi connectivity index (χ0n) is 14.8. The summed E-state index contributed by atoms with van der Waals surface area (Å²) in [5.74, 6) is 1.44. The van der Waals surface area contributed by atoms with Gasteiger partial charge in [-0.3, -0.25) is 9.20 Å². The minimum atomic E-state index is 0. The molecule has 1 amide bonds. The van der Waals surface area contributed by atoms with Crippen LogP contribution in [0.3, 0.4) is 0 Å². The number of pyridine rings is 1. The first-order valence-electron chi connectivity index (χ1n) is 8.20. The van der Waals surface area contributed by atoms with Crippen molar-refractivity contribution in [1.82, 2.24) is 30.5 Å². The van der Waals surface area contributed by atoms with E-state index in [1.165, 1.54) is 0 Å². The zero-order chi connectivity index (χ0) is 17.4. The summed E-state index contributed by atoms with van der Waals surface area (Å²) in [6.45, 7) is 7.54. The van der Waals surface area contributed by atoms with Crippen LogP contribution in [-0.2, 0) is 11.3 Å². The number of guanidine groups is 1. The maximum absolute atomic E-state index is 11.7. The van der Waals surface area contributed by atoms with Crippen molar-refractivity contribution >= 4 is 41.5 Å². The first-order chi connectivity index (χ1) is 11.6. The van der Waals surface area contributed by atoms with Crippen molar-refractivity contribution in [2.75, 3.05) is 13.1 Å². The molecule has 0 fully saturated rings. The quantitative estimate of drug-likeness (QED) is 0.330. The molecular formula is C16H26IN7O. The smallest absolute Gasteiger partial charge is 0.221 e. The third-order valence-corrected chi connectivity index (χ3v) is 3.20. The number of hydrogen-bond donors (Lipinski definition) is 3. The number of rotatable bonds is 7. The topological polar surface area (TPSA) is 95.7 Å². The lowest BCUT2D eigenvalue weighted by Gasteiger charge is -2.12. The Morgan fingerprint density at radius 3 is 2.80 bits per heavy atom. The van der Waals surface area contributed by atoms with E-state index in [0.29, 0.717) is 25.5 Å². The summed E-state index contributed by atoms with van der Waals surface area (Å²) in [4.78, 5) is 16.2. The minimum Gasteiger partial charge on any atom is -0.357 e. The lowest BCUT2D eigenvalue weighted by molar-refractivity contribution is -0.121. The predicted octanol–water partition coefficient (Wildman–Crippen LogP) is 1.32. The summed E-state index contributed by atoms with van der Waals surface area (Å²) in [5.41, 5.74) is 0.797. The van der Waals surface area contributed by atoms with Crippen LogP contribution in [0.2, 0.25) is 0 Å². The highest BCUT2D eigenvalue weighted by Crippen LogP contribution is 2.03. The molecule has 0 unspecified atom stereocenters. The predicted molar refractivity (Wildman–Crippen MR) is 109 cm³/mol. The maximum Gasteiger partial charge on any atom is 0.221 e. The average molecular weight is 459 g/mol. The molecule has 0 aliphatic heterocycles. The van der Waals surface area contributed by atoms with Crippen LogP contribution in [0, 0.1) is 0 Å². The fourth-order valence-electron chi connectivity index (χ4n) is 2.18. The number of fused-ring (bicyclic) bond motifs is 1. The van der Waals surface area contributed by atoms with Gasteiger partial charge >= 0.3 is 0 Å². The van der Waals surface area contributed by atoms with E-state index in [2.05, 4.69) is 31.1 Å². The number of nitrogens with zero attached hydrogens (tertiary/aromatic N) is 4. The monoisotopic (exact) mass is 459 g/mol. The van der Waals surface area contributed by atoms with Gasteiger partial charge in [0.15, 0.2) is 17.4 Å². The van der Waals surface area contributed by atoms with E-state index >= 15 is 0 Å². The summed E-state index contributed by atoms with van der Waals surface area (Å²) in [6.07, 6.45) is 2.31. The van der Waals surface area contributed by atoms with Crippen LogP contribution in [-0.4, -0.2) is 45.6 Å². The third-order valence-electron chi connectivity index (χ3n) is 3.20. The first-order valence-corrected chi connectivity index (χ1v) is 8.20. The van der Waals surface area contributed by atoms with Crippen molar-refractivity contribution in [2.45, 2.75) is 39.8 Å². The van der Waals surface area contributed by atoms with E-state index in [9.17, 15) is 4.79 Å². The highest BCUT2D eigenvalue weighted by molar-refractivity contribution is 14.0. The molecule has 2 heterocycles. The molecule has 2 rings (SSSR count).